The number of hydrogen-bond donors (Lipinski definition) is 1. The van der Waals surface area contributed by atoms with E-state index in [9.17, 15) is 0 Å². The lowest BCUT2D eigenvalue weighted by Gasteiger charge is -2.36. The quantitative estimate of drug-likeness (QED) is 0.864. The van der Waals surface area contributed by atoms with Gasteiger partial charge in [0.15, 0.2) is 0 Å². The number of anilines is 1. The van der Waals surface area contributed by atoms with E-state index in [2.05, 4.69) is 42.8 Å². The summed E-state index contributed by atoms with van der Waals surface area (Å²) in [5.41, 5.74) is 7.18. The Bertz CT molecular complexity index is 383. The SMILES string of the molecule is CC(C)(C)c1ccc(N2CCOCC2CN)nc1. The van der Waals surface area contributed by atoms with Crippen LogP contribution >= 0.6 is 0 Å². The maximum atomic E-state index is 5.78. The molecule has 4 heteroatoms. The van der Waals surface area contributed by atoms with Crippen molar-refractivity contribution < 1.29 is 4.74 Å². The van der Waals surface area contributed by atoms with Gasteiger partial charge in [0.25, 0.3) is 0 Å². The highest BCUT2D eigenvalue weighted by Gasteiger charge is 2.23. The number of ether oxygens (including phenoxy) is 1. The maximum absolute atomic E-state index is 5.78. The number of morpholine rings is 1. The summed E-state index contributed by atoms with van der Waals surface area (Å²) in [5, 5.41) is 0. The Morgan fingerprint density at radius 3 is 2.78 bits per heavy atom. The number of nitrogens with zero attached hydrogens (tertiary/aromatic N) is 2. The van der Waals surface area contributed by atoms with Crippen molar-refractivity contribution in [2.75, 3.05) is 31.2 Å². The first kappa shape index (κ1) is 13.3. The zero-order valence-corrected chi connectivity index (χ0v) is 11.5. The molecule has 4 nitrogen and oxygen atoms in total. The fourth-order valence-electron chi connectivity index (χ4n) is 2.15. The van der Waals surface area contributed by atoms with Gasteiger partial charge in [-0.05, 0) is 17.0 Å². The van der Waals surface area contributed by atoms with E-state index in [4.69, 9.17) is 10.5 Å². The molecule has 2 N–H and O–H groups in total. The Balaban J connectivity index is 2.18. The lowest BCUT2D eigenvalue weighted by Crippen LogP contribution is -2.49. The van der Waals surface area contributed by atoms with Crippen molar-refractivity contribution in [1.82, 2.24) is 4.98 Å². The van der Waals surface area contributed by atoms with E-state index in [0.29, 0.717) is 13.2 Å². The summed E-state index contributed by atoms with van der Waals surface area (Å²) in [6.07, 6.45) is 1.97. The summed E-state index contributed by atoms with van der Waals surface area (Å²) < 4.78 is 5.45. The van der Waals surface area contributed by atoms with E-state index in [1.165, 1.54) is 5.56 Å². The van der Waals surface area contributed by atoms with Crippen molar-refractivity contribution >= 4 is 5.82 Å². The normalized spacial score (nSPS) is 21.1. The van der Waals surface area contributed by atoms with E-state index in [-0.39, 0.29) is 11.5 Å². The molecule has 1 aromatic heterocycles. The molecule has 1 atom stereocenters. The zero-order chi connectivity index (χ0) is 13.2. The van der Waals surface area contributed by atoms with Gasteiger partial charge in [0.05, 0.1) is 19.3 Å². The number of hydrogen-bond acceptors (Lipinski definition) is 4. The maximum Gasteiger partial charge on any atom is 0.128 e. The zero-order valence-electron chi connectivity index (χ0n) is 11.5. The Morgan fingerprint density at radius 2 is 2.22 bits per heavy atom. The van der Waals surface area contributed by atoms with Gasteiger partial charge in [-0.15, -0.1) is 0 Å². The molecule has 100 valence electrons. The van der Waals surface area contributed by atoms with Crippen molar-refractivity contribution in [3.05, 3.63) is 23.9 Å². The number of pyridine rings is 1. The van der Waals surface area contributed by atoms with Gasteiger partial charge in [-0.2, -0.15) is 0 Å². The smallest absolute Gasteiger partial charge is 0.128 e. The van der Waals surface area contributed by atoms with Gasteiger partial charge >= 0.3 is 0 Å². The van der Waals surface area contributed by atoms with Crippen molar-refractivity contribution in [3.63, 3.8) is 0 Å². The molecule has 0 radical (unpaired) electrons. The van der Waals surface area contributed by atoms with Gasteiger partial charge in [-0.1, -0.05) is 26.8 Å². The molecule has 0 aliphatic carbocycles. The third kappa shape index (κ3) is 2.82. The molecule has 0 aromatic carbocycles. The lowest BCUT2D eigenvalue weighted by molar-refractivity contribution is 0.0958. The Hall–Kier alpha value is -1.13. The minimum Gasteiger partial charge on any atom is -0.377 e. The third-order valence-corrected chi connectivity index (χ3v) is 3.41. The molecule has 1 unspecified atom stereocenters. The Labute approximate surface area is 109 Å². The van der Waals surface area contributed by atoms with Crippen molar-refractivity contribution in [2.24, 2.45) is 5.73 Å². The predicted octanol–water partition coefficient (Wildman–Crippen LogP) is 1.54. The average molecular weight is 249 g/mol. The highest BCUT2D eigenvalue weighted by atomic mass is 16.5. The summed E-state index contributed by atoms with van der Waals surface area (Å²) in [7, 11) is 0. The summed E-state index contributed by atoms with van der Waals surface area (Å²) in [6.45, 7) is 9.49. The van der Waals surface area contributed by atoms with E-state index >= 15 is 0 Å². The van der Waals surface area contributed by atoms with Crippen molar-refractivity contribution in [2.45, 2.75) is 32.2 Å². The van der Waals surface area contributed by atoms with Crippen LogP contribution in [0.3, 0.4) is 0 Å². The van der Waals surface area contributed by atoms with Crippen LogP contribution in [0, 0.1) is 0 Å². The predicted molar refractivity (Wildman–Crippen MR) is 73.9 cm³/mol. The molecule has 0 spiro atoms. The monoisotopic (exact) mass is 249 g/mol. The summed E-state index contributed by atoms with van der Waals surface area (Å²) >= 11 is 0. The van der Waals surface area contributed by atoms with Crippen LogP contribution in [0.1, 0.15) is 26.3 Å². The molecule has 1 saturated heterocycles. The first-order valence-electron chi connectivity index (χ1n) is 6.53. The van der Waals surface area contributed by atoms with Crippen LogP contribution in [0.5, 0.6) is 0 Å². The van der Waals surface area contributed by atoms with Gasteiger partial charge < -0.3 is 15.4 Å². The number of rotatable bonds is 2. The Kier molecular flexibility index (Phi) is 3.88. The molecule has 1 fully saturated rings. The molecule has 0 saturated carbocycles. The first-order chi connectivity index (χ1) is 8.52. The molecule has 2 rings (SSSR count). The largest absolute Gasteiger partial charge is 0.377 e. The van der Waals surface area contributed by atoms with Crippen LogP contribution in [0.4, 0.5) is 5.82 Å². The van der Waals surface area contributed by atoms with Crippen LogP contribution in [0.2, 0.25) is 0 Å². The van der Waals surface area contributed by atoms with E-state index in [1.54, 1.807) is 0 Å². The molecular weight excluding hydrogens is 226 g/mol. The van der Waals surface area contributed by atoms with E-state index in [1.807, 2.05) is 6.20 Å². The number of aromatic nitrogens is 1. The van der Waals surface area contributed by atoms with Gasteiger partial charge in [-0.3, -0.25) is 0 Å². The molecule has 0 bridgehead atoms. The van der Waals surface area contributed by atoms with Crippen LogP contribution in [-0.2, 0) is 10.2 Å². The Morgan fingerprint density at radius 1 is 1.44 bits per heavy atom. The van der Waals surface area contributed by atoms with Crippen molar-refractivity contribution in [3.8, 4) is 0 Å². The molecular formula is C14H23N3O. The fourth-order valence-corrected chi connectivity index (χ4v) is 2.15. The summed E-state index contributed by atoms with van der Waals surface area (Å²) in [6, 6.07) is 4.49. The van der Waals surface area contributed by atoms with Crippen molar-refractivity contribution in [1.29, 1.82) is 0 Å². The van der Waals surface area contributed by atoms with Gasteiger partial charge in [-0.25, -0.2) is 4.98 Å². The fraction of sp³-hybridized carbons (Fsp3) is 0.643. The molecule has 18 heavy (non-hydrogen) atoms. The van der Waals surface area contributed by atoms with Gasteiger partial charge in [0.1, 0.15) is 5.82 Å². The summed E-state index contributed by atoms with van der Waals surface area (Å²) in [4.78, 5) is 6.83. The summed E-state index contributed by atoms with van der Waals surface area (Å²) in [5.74, 6) is 1.00. The minimum atomic E-state index is 0.143. The van der Waals surface area contributed by atoms with Gasteiger partial charge in [0, 0.05) is 19.3 Å². The van der Waals surface area contributed by atoms with Gasteiger partial charge in [0.2, 0.25) is 0 Å². The van der Waals surface area contributed by atoms with Crippen LogP contribution in [0.15, 0.2) is 18.3 Å². The molecule has 2 heterocycles. The second kappa shape index (κ2) is 5.24. The standard InChI is InChI=1S/C14H23N3O/c1-14(2,3)11-4-5-13(16-9-11)17-6-7-18-10-12(17)8-15/h4-5,9,12H,6-8,10,15H2,1-3H3. The highest BCUT2D eigenvalue weighted by Crippen LogP contribution is 2.24. The number of nitrogens with two attached hydrogens (primary N) is 1. The van der Waals surface area contributed by atoms with Crippen LogP contribution in [0.25, 0.3) is 0 Å². The topological polar surface area (TPSA) is 51.4 Å². The third-order valence-electron chi connectivity index (χ3n) is 3.41. The first-order valence-corrected chi connectivity index (χ1v) is 6.53. The lowest BCUT2D eigenvalue weighted by atomic mass is 9.88. The second-order valence-electron chi connectivity index (χ2n) is 5.81. The molecule has 1 aliphatic heterocycles. The molecule has 0 amide bonds. The molecule has 1 aliphatic rings. The van der Waals surface area contributed by atoms with E-state index < -0.39 is 0 Å². The van der Waals surface area contributed by atoms with Crippen LogP contribution < -0.4 is 10.6 Å². The van der Waals surface area contributed by atoms with E-state index in [0.717, 1.165) is 19.0 Å². The minimum absolute atomic E-state index is 0.143. The highest BCUT2D eigenvalue weighted by molar-refractivity contribution is 5.42. The second-order valence-corrected chi connectivity index (χ2v) is 5.81. The molecule has 1 aromatic rings. The van der Waals surface area contributed by atoms with Crippen LogP contribution in [-0.4, -0.2) is 37.3 Å². The average Bonchev–Trinajstić information content (AvgIpc) is 2.38.